The van der Waals surface area contributed by atoms with E-state index in [4.69, 9.17) is 32.4 Å². The Balaban J connectivity index is 2.12. The van der Waals surface area contributed by atoms with E-state index in [1.807, 2.05) is 6.92 Å². The summed E-state index contributed by atoms with van der Waals surface area (Å²) in [4.78, 5) is 13.1. The fourth-order valence-electron chi connectivity index (χ4n) is 3.72. The number of carbonyl (C=O) groups excluding carboxylic acids is 1. The lowest BCUT2D eigenvalue weighted by molar-refractivity contribution is -0.256. The third kappa shape index (κ3) is 4.52. The molecule has 1 aliphatic heterocycles. The van der Waals surface area contributed by atoms with Crippen molar-refractivity contribution in [1.29, 1.82) is 0 Å². The summed E-state index contributed by atoms with van der Waals surface area (Å²) in [5, 5.41) is 21.1. The fourth-order valence-corrected chi connectivity index (χ4v) is 3.72. The predicted molar refractivity (Wildman–Crippen MR) is 94.6 cm³/mol. The zero-order chi connectivity index (χ0) is 19.6. The number of nitrogens with zero attached hydrogens (tertiary/aromatic N) is 1. The van der Waals surface area contributed by atoms with E-state index in [0.29, 0.717) is 6.42 Å². The van der Waals surface area contributed by atoms with E-state index in [2.05, 4.69) is 0 Å². The van der Waals surface area contributed by atoms with E-state index in [1.165, 1.54) is 11.9 Å². The van der Waals surface area contributed by atoms with Gasteiger partial charge in [-0.15, -0.1) is 0 Å². The first-order valence-electron chi connectivity index (χ1n) is 9.06. The van der Waals surface area contributed by atoms with Crippen LogP contribution in [0, 0.1) is 0 Å². The Morgan fingerprint density at radius 1 is 1.31 bits per heavy atom. The number of nitrogens with two attached hydrogens (primary N) is 4. The molecule has 2 aliphatic rings. The molecule has 10 N–H and O–H groups in total. The zero-order valence-corrected chi connectivity index (χ0v) is 15.4. The standard InChI is InChI=1S/C16H33N5O5/c1-7(18)11-4-3-8(19)16(25-11)26-15-9(20)5-10(22)13(14(15)24)21(2)12(23)6-17/h7-11,13-16,22,24H,3-6,17-20H2,1-2H3. The smallest absolute Gasteiger partial charge is 0.236 e. The fraction of sp³-hybridized carbons (Fsp3) is 0.938. The molecule has 1 amide bonds. The predicted octanol–water partition coefficient (Wildman–Crippen LogP) is -3.21. The second-order valence-electron chi connectivity index (χ2n) is 7.40. The summed E-state index contributed by atoms with van der Waals surface area (Å²) in [6.07, 6.45) is -2.44. The number of hydrogen-bond donors (Lipinski definition) is 6. The van der Waals surface area contributed by atoms with Crippen molar-refractivity contribution in [3.05, 3.63) is 0 Å². The van der Waals surface area contributed by atoms with Gasteiger partial charge in [0.25, 0.3) is 0 Å². The molecule has 1 saturated heterocycles. The minimum atomic E-state index is -1.21. The van der Waals surface area contributed by atoms with Crippen LogP contribution in [0.4, 0.5) is 0 Å². The quantitative estimate of drug-likeness (QED) is 0.288. The first kappa shape index (κ1) is 21.5. The maximum Gasteiger partial charge on any atom is 0.236 e. The minimum Gasteiger partial charge on any atom is -0.391 e. The van der Waals surface area contributed by atoms with Gasteiger partial charge in [-0.3, -0.25) is 4.79 Å². The van der Waals surface area contributed by atoms with E-state index in [9.17, 15) is 15.0 Å². The first-order chi connectivity index (χ1) is 12.2. The Kier molecular flexibility index (Phi) is 7.34. The molecule has 0 aromatic heterocycles. The van der Waals surface area contributed by atoms with Crippen molar-refractivity contribution in [3.63, 3.8) is 0 Å². The summed E-state index contributed by atoms with van der Waals surface area (Å²) in [5.41, 5.74) is 23.5. The molecule has 1 aliphatic carbocycles. The average Bonchev–Trinajstić information content (AvgIpc) is 2.58. The molecular formula is C16H33N5O5. The Bertz CT molecular complexity index is 482. The van der Waals surface area contributed by atoms with Crippen LogP contribution in [0.15, 0.2) is 0 Å². The van der Waals surface area contributed by atoms with Gasteiger partial charge in [0.2, 0.25) is 5.91 Å². The zero-order valence-electron chi connectivity index (χ0n) is 15.4. The van der Waals surface area contributed by atoms with Crippen LogP contribution in [0.25, 0.3) is 0 Å². The summed E-state index contributed by atoms with van der Waals surface area (Å²) in [5.74, 6) is -0.398. The molecule has 10 heteroatoms. The normalized spacial score (nSPS) is 42.3. The molecule has 26 heavy (non-hydrogen) atoms. The molecule has 0 bridgehead atoms. The molecule has 9 atom stereocenters. The summed E-state index contributed by atoms with van der Waals surface area (Å²) in [6.45, 7) is 1.62. The van der Waals surface area contributed by atoms with E-state index in [1.54, 1.807) is 0 Å². The maximum atomic E-state index is 11.9. The first-order valence-corrected chi connectivity index (χ1v) is 9.06. The highest BCUT2D eigenvalue weighted by atomic mass is 16.7. The topological polar surface area (TPSA) is 183 Å². The molecule has 0 spiro atoms. The molecular weight excluding hydrogens is 342 g/mol. The SMILES string of the molecule is CC(N)C1CCC(N)C(OC2C(N)CC(O)C(N(C)C(=O)CN)C2O)O1. The van der Waals surface area contributed by atoms with Gasteiger partial charge in [-0.25, -0.2) is 0 Å². The molecule has 9 unspecified atom stereocenters. The number of aliphatic hydroxyl groups is 2. The number of amides is 1. The monoisotopic (exact) mass is 375 g/mol. The largest absolute Gasteiger partial charge is 0.391 e. The molecule has 0 aromatic carbocycles. The van der Waals surface area contributed by atoms with Gasteiger partial charge in [0, 0.05) is 19.1 Å². The summed E-state index contributed by atoms with van der Waals surface area (Å²) >= 11 is 0. The van der Waals surface area contributed by atoms with Gasteiger partial charge >= 0.3 is 0 Å². The molecule has 152 valence electrons. The van der Waals surface area contributed by atoms with Crippen LogP contribution in [-0.2, 0) is 14.3 Å². The van der Waals surface area contributed by atoms with Crippen molar-refractivity contribution in [1.82, 2.24) is 4.90 Å². The summed E-state index contributed by atoms with van der Waals surface area (Å²) in [7, 11) is 1.48. The maximum absolute atomic E-state index is 11.9. The number of rotatable bonds is 5. The van der Waals surface area contributed by atoms with Gasteiger partial charge in [-0.2, -0.15) is 0 Å². The molecule has 2 rings (SSSR count). The van der Waals surface area contributed by atoms with Crippen LogP contribution >= 0.6 is 0 Å². The van der Waals surface area contributed by atoms with E-state index in [-0.39, 0.29) is 31.2 Å². The summed E-state index contributed by atoms with van der Waals surface area (Å²) in [6, 6.07) is -2.07. The Labute approximate surface area is 153 Å². The Morgan fingerprint density at radius 3 is 2.54 bits per heavy atom. The van der Waals surface area contributed by atoms with Crippen molar-refractivity contribution < 1.29 is 24.5 Å². The van der Waals surface area contributed by atoms with Gasteiger partial charge in [-0.05, 0) is 26.2 Å². The number of likely N-dealkylation sites (N-methyl/N-ethyl adjacent to an activating group) is 1. The van der Waals surface area contributed by atoms with Crippen molar-refractivity contribution in [3.8, 4) is 0 Å². The van der Waals surface area contributed by atoms with Crippen LogP contribution in [0.1, 0.15) is 26.2 Å². The highest BCUT2D eigenvalue weighted by Gasteiger charge is 2.47. The molecule has 2 fully saturated rings. The number of aliphatic hydroxyl groups excluding tert-OH is 2. The van der Waals surface area contributed by atoms with Crippen LogP contribution in [0.2, 0.25) is 0 Å². The summed E-state index contributed by atoms with van der Waals surface area (Å²) < 4.78 is 11.8. The average molecular weight is 375 g/mol. The van der Waals surface area contributed by atoms with Gasteiger partial charge < -0.3 is 47.5 Å². The number of hydrogen-bond acceptors (Lipinski definition) is 9. The lowest BCUT2D eigenvalue weighted by Crippen LogP contribution is -2.66. The second-order valence-corrected chi connectivity index (χ2v) is 7.40. The van der Waals surface area contributed by atoms with Crippen molar-refractivity contribution in [2.24, 2.45) is 22.9 Å². The van der Waals surface area contributed by atoms with Gasteiger partial charge in [0.15, 0.2) is 6.29 Å². The molecule has 10 nitrogen and oxygen atoms in total. The molecule has 1 heterocycles. The number of carbonyl (C=O) groups is 1. The van der Waals surface area contributed by atoms with Crippen LogP contribution in [0.3, 0.4) is 0 Å². The van der Waals surface area contributed by atoms with E-state index in [0.717, 1.165) is 6.42 Å². The Morgan fingerprint density at radius 2 is 1.96 bits per heavy atom. The van der Waals surface area contributed by atoms with Crippen LogP contribution in [-0.4, -0.2) is 89.5 Å². The van der Waals surface area contributed by atoms with Gasteiger partial charge in [0.05, 0.1) is 30.8 Å². The van der Waals surface area contributed by atoms with Crippen LogP contribution < -0.4 is 22.9 Å². The Hall–Kier alpha value is -0.850. The second kappa shape index (κ2) is 8.89. The third-order valence-electron chi connectivity index (χ3n) is 5.35. The molecule has 1 saturated carbocycles. The molecule has 0 radical (unpaired) electrons. The van der Waals surface area contributed by atoms with Crippen molar-refractivity contribution >= 4 is 5.91 Å². The highest BCUT2D eigenvalue weighted by molar-refractivity contribution is 5.78. The lowest BCUT2D eigenvalue weighted by atomic mass is 9.83. The molecule has 0 aromatic rings. The van der Waals surface area contributed by atoms with Crippen molar-refractivity contribution in [2.75, 3.05) is 13.6 Å². The third-order valence-corrected chi connectivity index (χ3v) is 5.35. The highest BCUT2D eigenvalue weighted by Crippen LogP contribution is 2.29. The van der Waals surface area contributed by atoms with Gasteiger partial charge in [-0.1, -0.05) is 0 Å². The van der Waals surface area contributed by atoms with Gasteiger partial charge in [0.1, 0.15) is 12.2 Å². The van der Waals surface area contributed by atoms with Crippen LogP contribution in [0.5, 0.6) is 0 Å². The van der Waals surface area contributed by atoms with E-state index < -0.39 is 42.6 Å². The number of ether oxygens (including phenoxy) is 2. The minimum absolute atomic E-state index is 0.160. The van der Waals surface area contributed by atoms with Crippen molar-refractivity contribution in [2.45, 2.75) is 81.1 Å². The lowest BCUT2D eigenvalue weighted by Gasteiger charge is -2.47. The van der Waals surface area contributed by atoms with E-state index >= 15 is 0 Å².